The summed E-state index contributed by atoms with van der Waals surface area (Å²) in [5.74, 6) is 0.780. The second-order valence-corrected chi connectivity index (χ2v) is 14.5. The van der Waals surface area contributed by atoms with E-state index in [-0.39, 0.29) is 5.78 Å². The third-order valence-corrected chi connectivity index (χ3v) is 8.72. The molecule has 48 heavy (non-hydrogen) atoms. The van der Waals surface area contributed by atoms with Crippen LogP contribution in [0.2, 0.25) is 5.02 Å². The van der Waals surface area contributed by atoms with Crippen LogP contribution in [0.15, 0.2) is 135 Å². The van der Waals surface area contributed by atoms with E-state index in [1.165, 1.54) is 35.7 Å². The Morgan fingerprint density at radius 1 is 0.688 bits per heavy atom. The zero-order valence-electron chi connectivity index (χ0n) is 24.4. The molecule has 0 saturated heterocycles. The first-order valence-electron chi connectivity index (χ1n) is 13.5. The van der Waals surface area contributed by atoms with Crippen molar-refractivity contribution in [2.45, 2.75) is 25.8 Å². The summed E-state index contributed by atoms with van der Waals surface area (Å²) in [6.45, 7) is 0. The Labute approximate surface area is 282 Å². The molecule has 0 aliphatic rings. The maximum atomic E-state index is 13.0. The SMILES string of the molecule is COc1ccc(Sc2ccc(C(F)(F)F)cc2)c(-c2ccc(Sc3cccc(Cl)c3C(=[OH+])c3ccccc3)cc2)c1.F[P-](F)(F)(F)(F)F. The molecule has 0 heterocycles. The van der Waals surface area contributed by atoms with Gasteiger partial charge in [-0.05, 0) is 90.0 Å². The third kappa shape index (κ3) is 11.5. The van der Waals surface area contributed by atoms with Gasteiger partial charge in [0.25, 0.3) is 0 Å². The zero-order valence-corrected chi connectivity index (χ0v) is 27.7. The van der Waals surface area contributed by atoms with E-state index < -0.39 is 19.5 Å². The molecule has 5 aromatic carbocycles. The molecular weight excluding hydrogens is 730 g/mol. The third-order valence-electron chi connectivity index (χ3n) is 6.25. The Bertz CT molecular complexity index is 1890. The van der Waals surface area contributed by atoms with Crippen LogP contribution >= 0.6 is 42.9 Å². The van der Waals surface area contributed by atoms with Gasteiger partial charge in [0.1, 0.15) is 11.3 Å². The molecule has 0 radical (unpaired) electrons. The molecule has 15 heteroatoms. The number of hydrogen-bond acceptors (Lipinski definition) is 3. The van der Waals surface area contributed by atoms with Crippen molar-refractivity contribution in [2.75, 3.05) is 7.11 Å². The maximum absolute atomic E-state index is 13.0. The van der Waals surface area contributed by atoms with Gasteiger partial charge in [0.05, 0.1) is 23.3 Å². The van der Waals surface area contributed by atoms with Gasteiger partial charge in [-0.15, -0.1) is 0 Å². The zero-order chi connectivity index (χ0) is 35.4. The van der Waals surface area contributed by atoms with E-state index in [2.05, 4.69) is 0 Å². The molecule has 5 aromatic rings. The van der Waals surface area contributed by atoms with Gasteiger partial charge >= 0.3 is 44.9 Å². The van der Waals surface area contributed by atoms with Crippen LogP contribution < -0.4 is 4.74 Å². The second kappa shape index (κ2) is 13.7. The van der Waals surface area contributed by atoms with Crippen molar-refractivity contribution in [3.05, 3.63) is 137 Å². The van der Waals surface area contributed by atoms with Gasteiger partial charge in [-0.3, -0.25) is 4.79 Å². The summed E-state index contributed by atoms with van der Waals surface area (Å²) in [4.78, 5) is 14.4. The molecule has 0 atom stereocenters. The topological polar surface area (TPSA) is 30.6 Å². The first kappa shape index (κ1) is 37.2. The molecule has 0 bridgehead atoms. The Morgan fingerprint density at radius 2 is 1.23 bits per heavy atom. The standard InChI is InChI=1S/C33H22ClF3O2S2.F6P/c1-39-24-14-19-29(40-26-17-12-23(13-18-26)33(35,36)37)27(20-24)21-10-15-25(16-11-21)41-30-9-5-8-28(34)31(30)32(38)22-6-3-2-4-7-22;1-7(2,3,4,5)6/h2-20H,1H3;/q;-1/p+1. The normalized spacial score (nSPS) is 13.1. The van der Waals surface area contributed by atoms with Crippen LogP contribution in [0.5, 0.6) is 5.75 Å². The van der Waals surface area contributed by atoms with Gasteiger partial charge in [-0.2, -0.15) is 13.2 Å². The number of ether oxygens (including phenoxy) is 1. The summed E-state index contributed by atoms with van der Waals surface area (Å²) in [7, 11) is -9.07. The van der Waals surface area contributed by atoms with E-state index in [9.17, 15) is 43.1 Å². The fourth-order valence-corrected chi connectivity index (χ4v) is 6.43. The number of alkyl halides is 3. The average molecular weight is 753 g/mol. The quantitative estimate of drug-likeness (QED) is 0.0684. The van der Waals surface area contributed by atoms with E-state index in [4.69, 9.17) is 16.3 Å². The van der Waals surface area contributed by atoms with Gasteiger partial charge in [0.2, 0.25) is 0 Å². The van der Waals surface area contributed by atoms with Crippen LogP contribution in [0.25, 0.3) is 11.1 Å². The number of halogens is 10. The molecule has 1 N–H and O–H groups in total. The van der Waals surface area contributed by atoms with Gasteiger partial charge in [0, 0.05) is 19.6 Å². The molecule has 0 fully saturated rings. The van der Waals surface area contributed by atoms with Crippen molar-refractivity contribution in [3.63, 3.8) is 0 Å². The molecule has 254 valence electrons. The summed E-state index contributed by atoms with van der Waals surface area (Å²) in [6, 6.07) is 33.5. The first-order chi connectivity index (χ1) is 22.2. The average Bonchev–Trinajstić information content (AvgIpc) is 3.00. The molecule has 0 saturated carbocycles. The molecule has 0 amide bonds. The first-order valence-corrected chi connectivity index (χ1v) is 17.5. The number of ketones is 1. The van der Waals surface area contributed by atoms with Crippen LogP contribution in [0, 0.1) is 0 Å². The van der Waals surface area contributed by atoms with Crippen LogP contribution in [0.1, 0.15) is 16.7 Å². The van der Waals surface area contributed by atoms with Gasteiger partial charge < -0.3 is 4.74 Å². The second-order valence-electron chi connectivity index (χ2n) is 9.90. The monoisotopic (exact) mass is 752 g/mol. The fourth-order valence-electron chi connectivity index (χ4n) is 4.18. The van der Waals surface area contributed by atoms with Crippen LogP contribution in [0.3, 0.4) is 0 Å². The van der Waals surface area contributed by atoms with Crippen molar-refractivity contribution in [3.8, 4) is 16.9 Å². The van der Waals surface area contributed by atoms with Crippen molar-refractivity contribution >= 4 is 48.7 Å². The molecule has 0 aliphatic heterocycles. The van der Waals surface area contributed by atoms with Crippen molar-refractivity contribution in [1.29, 1.82) is 0 Å². The molecule has 0 aliphatic carbocycles. The van der Waals surface area contributed by atoms with Crippen molar-refractivity contribution in [1.82, 2.24) is 0 Å². The number of methoxy groups -OCH3 is 1. The number of carbonyl (C=O) groups excluding carboxylic acids is 1. The summed E-state index contributed by atoms with van der Waals surface area (Å²) in [5, 5.41) is 0.453. The van der Waals surface area contributed by atoms with E-state index >= 15 is 0 Å². The van der Waals surface area contributed by atoms with Crippen LogP contribution in [-0.4, -0.2) is 17.7 Å². The van der Waals surface area contributed by atoms with Gasteiger partial charge in [0.15, 0.2) is 0 Å². The summed E-state index contributed by atoms with van der Waals surface area (Å²) in [6.07, 6.45) is -4.38. The van der Waals surface area contributed by atoms with E-state index in [0.717, 1.165) is 37.9 Å². The predicted octanol–water partition coefficient (Wildman–Crippen LogP) is 13.7. The van der Waals surface area contributed by atoms with E-state index in [1.54, 1.807) is 13.2 Å². The van der Waals surface area contributed by atoms with Crippen molar-refractivity contribution in [2.24, 2.45) is 0 Å². The number of hydrogen-bond donors (Lipinski definition) is 0. The Kier molecular flexibility index (Phi) is 10.6. The molecule has 5 rings (SSSR count). The Balaban J connectivity index is 0.000000671. The fraction of sp³-hybridized carbons (Fsp3) is 0.0606. The Morgan fingerprint density at radius 3 is 1.77 bits per heavy atom. The number of rotatable bonds is 8. The van der Waals surface area contributed by atoms with Crippen LogP contribution in [-0.2, 0) is 6.18 Å². The van der Waals surface area contributed by atoms with Gasteiger partial charge in [-0.1, -0.05) is 71.5 Å². The molecule has 0 unspecified atom stereocenters. The van der Waals surface area contributed by atoms with E-state index in [1.807, 2.05) is 84.9 Å². The molecule has 0 aromatic heterocycles. The number of benzene rings is 5. The predicted molar refractivity (Wildman–Crippen MR) is 175 cm³/mol. The van der Waals surface area contributed by atoms with Gasteiger partial charge in [-0.25, -0.2) is 0 Å². The summed E-state index contributed by atoms with van der Waals surface area (Å²) >= 11 is 9.40. The summed E-state index contributed by atoms with van der Waals surface area (Å²) in [5.41, 5.74) is 2.38. The van der Waals surface area contributed by atoms with Crippen molar-refractivity contribution < 1.29 is 47.9 Å². The summed E-state index contributed by atoms with van der Waals surface area (Å²) < 4.78 is 104. The Hall–Kier alpha value is -3.64. The minimum atomic E-state index is -10.7. The van der Waals surface area contributed by atoms with Crippen LogP contribution in [0.4, 0.5) is 38.4 Å². The minimum absolute atomic E-state index is 0.108. The molecule has 0 spiro atoms. The molecule has 2 nitrogen and oxygen atoms in total. The van der Waals surface area contributed by atoms with E-state index in [0.29, 0.717) is 26.8 Å². The molecular formula is C33H23ClF9O2PS2.